The standard InChI is InChI=1S/C20H23ClN4O3/c1-15-17(6-4-8-18(15)25(27)28)22-20(26)9-10-23-11-13-24(14-12-23)19-7-3-2-5-16(19)21/h2-8H,9-14H2,1H3,(H,22,26). The first-order chi connectivity index (χ1) is 13.5. The normalized spacial score (nSPS) is 14.7. The molecule has 0 unspecified atom stereocenters. The minimum Gasteiger partial charge on any atom is -0.368 e. The minimum absolute atomic E-state index is 0.00787. The van der Waals surface area contributed by atoms with Gasteiger partial charge in [0.05, 0.1) is 26.9 Å². The fourth-order valence-electron chi connectivity index (χ4n) is 3.35. The number of rotatable bonds is 6. The van der Waals surface area contributed by atoms with Gasteiger partial charge in [-0.1, -0.05) is 29.8 Å². The third-order valence-electron chi connectivity index (χ3n) is 5.00. The van der Waals surface area contributed by atoms with E-state index in [9.17, 15) is 14.9 Å². The summed E-state index contributed by atoms with van der Waals surface area (Å²) in [5, 5.41) is 14.6. The average molecular weight is 403 g/mol. The number of piperazine rings is 1. The van der Waals surface area contributed by atoms with Crippen LogP contribution in [0.4, 0.5) is 17.1 Å². The number of halogens is 1. The van der Waals surface area contributed by atoms with Crippen LogP contribution in [0.1, 0.15) is 12.0 Å². The Morgan fingerprint density at radius 2 is 1.86 bits per heavy atom. The first-order valence-electron chi connectivity index (χ1n) is 9.21. The molecular formula is C20H23ClN4O3. The van der Waals surface area contributed by atoms with Gasteiger partial charge in [0.2, 0.25) is 5.91 Å². The second-order valence-electron chi connectivity index (χ2n) is 6.79. The SMILES string of the molecule is Cc1c(NC(=O)CCN2CCN(c3ccccc3Cl)CC2)cccc1[N+](=O)[O-]. The van der Waals surface area contributed by atoms with Gasteiger partial charge in [0.1, 0.15) is 0 Å². The number of nitrogens with one attached hydrogen (secondary N) is 1. The summed E-state index contributed by atoms with van der Waals surface area (Å²) >= 11 is 6.27. The van der Waals surface area contributed by atoms with Crippen LogP contribution in [0.25, 0.3) is 0 Å². The highest BCUT2D eigenvalue weighted by molar-refractivity contribution is 6.33. The van der Waals surface area contributed by atoms with Gasteiger partial charge in [-0.2, -0.15) is 0 Å². The molecule has 0 radical (unpaired) electrons. The number of hydrogen-bond donors (Lipinski definition) is 1. The van der Waals surface area contributed by atoms with Crippen LogP contribution in [0.5, 0.6) is 0 Å². The summed E-state index contributed by atoms with van der Waals surface area (Å²) in [6, 6.07) is 12.5. The Labute approximate surface area is 169 Å². The minimum atomic E-state index is -0.441. The second-order valence-corrected chi connectivity index (χ2v) is 7.19. The number of hydrogen-bond acceptors (Lipinski definition) is 5. The van der Waals surface area contributed by atoms with Gasteiger partial charge in [0, 0.05) is 45.2 Å². The Balaban J connectivity index is 1.48. The maximum atomic E-state index is 12.3. The number of carbonyl (C=O) groups is 1. The molecule has 0 spiro atoms. The van der Waals surface area contributed by atoms with Crippen LogP contribution in [-0.2, 0) is 4.79 Å². The van der Waals surface area contributed by atoms with Crippen molar-refractivity contribution in [2.24, 2.45) is 0 Å². The predicted molar refractivity (Wildman–Crippen MR) is 111 cm³/mol. The van der Waals surface area contributed by atoms with Crippen molar-refractivity contribution < 1.29 is 9.72 Å². The fraction of sp³-hybridized carbons (Fsp3) is 0.350. The lowest BCUT2D eigenvalue weighted by atomic mass is 10.1. The van der Waals surface area contributed by atoms with E-state index in [4.69, 9.17) is 11.6 Å². The average Bonchev–Trinajstić information content (AvgIpc) is 2.69. The number of nitro groups is 1. The molecule has 1 amide bonds. The fourth-order valence-corrected chi connectivity index (χ4v) is 3.60. The monoisotopic (exact) mass is 402 g/mol. The topological polar surface area (TPSA) is 78.7 Å². The molecule has 148 valence electrons. The molecule has 1 heterocycles. The Morgan fingerprint density at radius 3 is 2.54 bits per heavy atom. The molecule has 1 N–H and O–H groups in total. The number of carbonyl (C=O) groups excluding carboxylic acids is 1. The van der Waals surface area contributed by atoms with E-state index in [2.05, 4.69) is 15.1 Å². The molecule has 28 heavy (non-hydrogen) atoms. The van der Waals surface area contributed by atoms with Crippen molar-refractivity contribution in [2.45, 2.75) is 13.3 Å². The maximum Gasteiger partial charge on any atom is 0.274 e. The van der Waals surface area contributed by atoms with E-state index in [0.717, 1.165) is 36.9 Å². The molecule has 0 aromatic heterocycles. The second kappa shape index (κ2) is 9.03. The van der Waals surface area contributed by atoms with Crippen LogP contribution in [0, 0.1) is 17.0 Å². The van der Waals surface area contributed by atoms with Crippen LogP contribution in [0.15, 0.2) is 42.5 Å². The number of para-hydroxylation sites is 1. The lowest BCUT2D eigenvalue weighted by Gasteiger charge is -2.36. The van der Waals surface area contributed by atoms with E-state index in [1.165, 1.54) is 6.07 Å². The zero-order chi connectivity index (χ0) is 20.1. The number of amides is 1. The third kappa shape index (κ3) is 4.79. The summed E-state index contributed by atoms with van der Waals surface area (Å²) in [4.78, 5) is 27.4. The van der Waals surface area contributed by atoms with E-state index >= 15 is 0 Å². The van der Waals surface area contributed by atoms with Gasteiger partial charge >= 0.3 is 0 Å². The van der Waals surface area contributed by atoms with Gasteiger partial charge in [-0.3, -0.25) is 19.8 Å². The third-order valence-corrected chi connectivity index (χ3v) is 5.32. The van der Waals surface area contributed by atoms with Crippen LogP contribution < -0.4 is 10.2 Å². The van der Waals surface area contributed by atoms with Crippen molar-refractivity contribution in [2.75, 3.05) is 42.9 Å². The summed E-state index contributed by atoms with van der Waals surface area (Å²) < 4.78 is 0. The molecule has 8 heteroatoms. The van der Waals surface area contributed by atoms with Gasteiger partial charge in [-0.05, 0) is 25.1 Å². The number of nitro benzene ring substituents is 1. The van der Waals surface area contributed by atoms with Gasteiger partial charge in [0.15, 0.2) is 0 Å². The molecule has 1 aliphatic rings. The molecule has 2 aromatic carbocycles. The van der Waals surface area contributed by atoms with Gasteiger partial charge in [-0.25, -0.2) is 0 Å². The summed E-state index contributed by atoms with van der Waals surface area (Å²) in [5.41, 5.74) is 2.01. The van der Waals surface area contributed by atoms with E-state index < -0.39 is 4.92 Å². The Hall–Kier alpha value is -2.64. The molecule has 0 saturated carbocycles. The van der Waals surface area contributed by atoms with E-state index in [0.29, 0.717) is 24.2 Å². The van der Waals surface area contributed by atoms with Gasteiger partial charge in [0.25, 0.3) is 5.69 Å². The quantitative estimate of drug-likeness (QED) is 0.588. The van der Waals surface area contributed by atoms with Crippen LogP contribution in [0.2, 0.25) is 5.02 Å². The summed E-state index contributed by atoms with van der Waals surface area (Å²) in [5.74, 6) is -0.142. The molecule has 0 aliphatic carbocycles. The van der Waals surface area contributed by atoms with Crippen molar-refractivity contribution in [1.29, 1.82) is 0 Å². The lowest BCUT2D eigenvalue weighted by molar-refractivity contribution is -0.385. The first kappa shape index (κ1) is 20.1. The Morgan fingerprint density at radius 1 is 1.14 bits per heavy atom. The molecule has 3 rings (SSSR count). The number of anilines is 2. The summed E-state index contributed by atoms with van der Waals surface area (Å²) in [6.07, 6.45) is 0.341. The van der Waals surface area contributed by atoms with E-state index in [1.807, 2.05) is 24.3 Å². The van der Waals surface area contributed by atoms with Gasteiger partial charge < -0.3 is 10.2 Å². The maximum absolute atomic E-state index is 12.3. The summed E-state index contributed by atoms with van der Waals surface area (Å²) in [7, 11) is 0. The molecule has 1 fully saturated rings. The summed E-state index contributed by atoms with van der Waals surface area (Å²) in [6.45, 7) is 5.71. The molecule has 2 aromatic rings. The Bertz CT molecular complexity index is 866. The van der Waals surface area contributed by atoms with Crippen molar-refractivity contribution in [3.63, 3.8) is 0 Å². The molecule has 0 atom stereocenters. The van der Waals surface area contributed by atoms with Gasteiger partial charge in [-0.15, -0.1) is 0 Å². The van der Waals surface area contributed by atoms with Crippen LogP contribution in [-0.4, -0.2) is 48.5 Å². The van der Waals surface area contributed by atoms with Crippen molar-refractivity contribution in [3.05, 3.63) is 63.2 Å². The van der Waals surface area contributed by atoms with Crippen LogP contribution in [0.3, 0.4) is 0 Å². The van der Waals surface area contributed by atoms with Crippen LogP contribution >= 0.6 is 11.6 Å². The molecule has 1 saturated heterocycles. The van der Waals surface area contributed by atoms with Crippen molar-refractivity contribution >= 4 is 34.6 Å². The molecular weight excluding hydrogens is 380 g/mol. The number of benzene rings is 2. The zero-order valence-electron chi connectivity index (χ0n) is 15.7. The largest absolute Gasteiger partial charge is 0.368 e. The van der Waals surface area contributed by atoms with Crippen molar-refractivity contribution in [1.82, 2.24) is 4.90 Å². The molecule has 1 aliphatic heterocycles. The number of nitrogens with zero attached hydrogens (tertiary/aromatic N) is 3. The van der Waals surface area contributed by atoms with Crippen molar-refractivity contribution in [3.8, 4) is 0 Å². The first-order valence-corrected chi connectivity index (χ1v) is 9.59. The highest BCUT2D eigenvalue weighted by Crippen LogP contribution is 2.26. The predicted octanol–water partition coefficient (Wildman–Crippen LogP) is 3.71. The van der Waals surface area contributed by atoms with E-state index in [-0.39, 0.29) is 11.6 Å². The lowest BCUT2D eigenvalue weighted by Crippen LogP contribution is -2.47. The Kier molecular flexibility index (Phi) is 6.49. The highest BCUT2D eigenvalue weighted by atomic mass is 35.5. The molecule has 7 nitrogen and oxygen atoms in total. The zero-order valence-corrected chi connectivity index (χ0v) is 16.5. The molecule has 0 bridgehead atoms. The smallest absolute Gasteiger partial charge is 0.274 e. The van der Waals surface area contributed by atoms with E-state index in [1.54, 1.807) is 19.1 Å². The highest BCUT2D eigenvalue weighted by Gasteiger charge is 2.20.